The van der Waals surface area contributed by atoms with Crippen molar-refractivity contribution >= 4 is 21.5 Å². The number of rotatable bonds is 4. The van der Waals surface area contributed by atoms with Gasteiger partial charge in [-0.2, -0.15) is 8.42 Å². The van der Waals surface area contributed by atoms with E-state index < -0.39 is 21.5 Å². The van der Waals surface area contributed by atoms with E-state index in [1.165, 1.54) is 6.92 Å². The Labute approximate surface area is 68.2 Å². The molecular formula is C3H9N2O4S2-. The van der Waals surface area contributed by atoms with Gasteiger partial charge in [-0.1, -0.05) is 6.92 Å². The molecule has 0 fully saturated rings. The predicted molar refractivity (Wildman–Crippen MR) is 39.3 cm³/mol. The van der Waals surface area contributed by atoms with E-state index >= 15 is 0 Å². The standard InChI is InChI=1S/C3H10N2O4S2/c1-3-5(10(6)7)11(8,9)4-2/h4H,3H2,1-2H3,(H,6,7)/p-1. The molecule has 0 amide bonds. The van der Waals surface area contributed by atoms with Crippen molar-refractivity contribution in [1.29, 1.82) is 0 Å². The molecule has 0 saturated carbocycles. The molecular weight excluding hydrogens is 192 g/mol. The fourth-order valence-corrected chi connectivity index (χ4v) is 2.08. The summed E-state index contributed by atoms with van der Waals surface area (Å²) in [5, 5.41) is 0. The van der Waals surface area contributed by atoms with Gasteiger partial charge in [-0.25, -0.2) is 4.72 Å². The van der Waals surface area contributed by atoms with Crippen LogP contribution < -0.4 is 4.72 Å². The molecule has 6 nitrogen and oxygen atoms in total. The van der Waals surface area contributed by atoms with Gasteiger partial charge in [0.15, 0.2) is 0 Å². The molecule has 1 N–H and O–H groups in total. The van der Waals surface area contributed by atoms with Gasteiger partial charge in [0.2, 0.25) is 0 Å². The second-order valence-electron chi connectivity index (χ2n) is 1.55. The maximum Gasteiger partial charge on any atom is 0.289 e. The Balaban J connectivity index is 4.65. The fourth-order valence-electron chi connectivity index (χ4n) is 0.457. The molecule has 0 aromatic rings. The van der Waals surface area contributed by atoms with Gasteiger partial charge in [-0.05, 0) is 0 Å². The lowest BCUT2D eigenvalue weighted by atomic mass is 10.8. The van der Waals surface area contributed by atoms with Crippen LogP contribution in [-0.2, 0) is 21.5 Å². The minimum absolute atomic E-state index is 0.112. The summed E-state index contributed by atoms with van der Waals surface area (Å²) in [5.74, 6) is 0. The Bertz CT molecular complexity index is 236. The molecule has 0 spiro atoms. The smallest absolute Gasteiger partial charge is 0.289 e. The summed E-state index contributed by atoms with van der Waals surface area (Å²) in [6, 6.07) is 0. The average Bonchev–Trinajstić information content (AvgIpc) is 1.88. The van der Waals surface area contributed by atoms with E-state index in [-0.39, 0.29) is 6.54 Å². The van der Waals surface area contributed by atoms with E-state index in [0.29, 0.717) is 3.71 Å². The summed E-state index contributed by atoms with van der Waals surface area (Å²) < 4.78 is 44.3. The fraction of sp³-hybridized carbons (Fsp3) is 1.00. The third-order valence-electron chi connectivity index (χ3n) is 0.951. The number of hydrogen-bond acceptors (Lipinski definition) is 4. The zero-order valence-corrected chi connectivity index (χ0v) is 7.74. The minimum Gasteiger partial charge on any atom is -0.759 e. The van der Waals surface area contributed by atoms with Crippen LogP contribution in [0.1, 0.15) is 6.92 Å². The van der Waals surface area contributed by atoms with Gasteiger partial charge in [0.25, 0.3) is 10.2 Å². The molecule has 1 atom stereocenters. The Hall–Kier alpha value is -0.0200. The lowest BCUT2D eigenvalue weighted by molar-refractivity contribution is 0.467. The highest BCUT2D eigenvalue weighted by molar-refractivity contribution is 7.98. The monoisotopic (exact) mass is 201 g/mol. The van der Waals surface area contributed by atoms with E-state index in [2.05, 4.69) is 0 Å². The van der Waals surface area contributed by atoms with Crippen LogP contribution in [0, 0.1) is 0 Å². The Kier molecular flexibility index (Phi) is 4.11. The van der Waals surface area contributed by atoms with Crippen molar-refractivity contribution in [3.63, 3.8) is 0 Å². The van der Waals surface area contributed by atoms with E-state index in [1.807, 2.05) is 4.72 Å². The zero-order valence-electron chi connectivity index (χ0n) is 6.10. The first-order chi connectivity index (χ1) is 4.95. The van der Waals surface area contributed by atoms with E-state index in [4.69, 9.17) is 0 Å². The summed E-state index contributed by atoms with van der Waals surface area (Å²) in [6.07, 6.45) is 0. The molecule has 0 aliphatic heterocycles. The Morgan fingerprint density at radius 1 is 1.64 bits per heavy atom. The number of hydrogen-bond donors (Lipinski definition) is 1. The van der Waals surface area contributed by atoms with Crippen molar-refractivity contribution in [1.82, 2.24) is 8.43 Å². The highest BCUT2D eigenvalue weighted by Crippen LogP contribution is 1.98. The van der Waals surface area contributed by atoms with Crippen LogP contribution in [0.5, 0.6) is 0 Å². The molecule has 0 aliphatic carbocycles. The van der Waals surface area contributed by atoms with Crippen LogP contribution >= 0.6 is 0 Å². The number of nitrogens with zero attached hydrogens (tertiary/aromatic N) is 1. The van der Waals surface area contributed by atoms with Crippen LogP contribution in [0.15, 0.2) is 0 Å². The molecule has 0 aromatic carbocycles. The molecule has 68 valence electrons. The summed E-state index contributed by atoms with van der Waals surface area (Å²) in [5.41, 5.74) is 0. The van der Waals surface area contributed by atoms with Gasteiger partial charge in [-0.15, -0.1) is 3.71 Å². The molecule has 11 heavy (non-hydrogen) atoms. The lowest BCUT2D eigenvalue weighted by Gasteiger charge is -2.20. The maximum atomic E-state index is 10.8. The third-order valence-corrected chi connectivity index (χ3v) is 3.81. The van der Waals surface area contributed by atoms with Crippen molar-refractivity contribution in [3.8, 4) is 0 Å². The molecule has 0 rings (SSSR count). The molecule has 1 unspecified atom stereocenters. The summed E-state index contributed by atoms with van der Waals surface area (Å²) >= 11 is -2.74. The molecule has 0 heterocycles. The SMILES string of the molecule is CCN(S(=O)[O-])S(=O)(=O)NC. The van der Waals surface area contributed by atoms with Crippen LogP contribution in [0.25, 0.3) is 0 Å². The van der Waals surface area contributed by atoms with Crippen molar-refractivity contribution in [3.05, 3.63) is 0 Å². The zero-order chi connectivity index (χ0) is 9.07. The second kappa shape index (κ2) is 4.12. The van der Waals surface area contributed by atoms with Gasteiger partial charge in [0.05, 0.1) is 0 Å². The van der Waals surface area contributed by atoms with E-state index in [9.17, 15) is 17.2 Å². The van der Waals surface area contributed by atoms with Gasteiger partial charge >= 0.3 is 0 Å². The maximum absolute atomic E-state index is 10.8. The molecule has 0 radical (unpaired) electrons. The Morgan fingerprint density at radius 3 is 2.18 bits per heavy atom. The average molecular weight is 201 g/mol. The topological polar surface area (TPSA) is 89.5 Å². The third kappa shape index (κ3) is 2.83. The second-order valence-corrected chi connectivity index (χ2v) is 4.45. The first-order valence-corrected chi connectivity index (χ1v) is 5.23. The van der Waals surface area contributed by atoms with Crippen LogP contribution in [0.4, 0.5) is 0 Å². The van der Waals surface area contributed by atoms with Crippen molar-refractivity contribution < 1.29 is 17.2 Å². The lowest BCUT2D eigenvalue weighted by Crippen LogP contribution is -2.39. The van der Waals surface area contributed by atoms with Crippen molar-refractivity contribution in [2.75, 3.05) is 13.6 Å². The molecule has 8 heteroatoms. The van der Waals surface area contributed by atoms with Gasteiger partial charge in [-0.3, -0.25) is 4.21 Å². The van der Waals surface area contributed by atoms with Crippen LogP contribution in [0.3, 0.4) is 0 Å². The minimum atomic E-state index is -3.84. The normalized spacial score (nSPS) is 15.3. The molecule has 0 bridgehead atoms. The van der Waals surface area contributed by atoms with Gasteiger partial charge < -0.3 is 4.55 Å². The molecule has 0 saturated heterocycles. The number of nitrogens with one attached hydrogen (secondary N) is 1. The van der Waals surface area contributed by atoms with Crippen LogP contribution in [-0.4, -0.2) is 34.5 Å². The summed E-state index contributed by atoms with van der Waals surface area (Å²) in [6.45, 7) is 1.31. The largest absolute Gasteiger partial charge is 0.759 e. The summed E-state index contributed by atoms with van der Waals surface area (Å²) in [7, 11) is -2.70. The van der Waals surface area contributed by atoms with Crippen molar-refractivity contribution in [2.45, 2.75) is 6.92 Å². The van der Waals surface area contributed by atoms with E-state index in [0.717, 1.165) is 7.05 Å². The van der Waals surface area contributed by atoms with Gasteiger partial charge in [0.1, 0.15) is 0 Å². The summed E-state index contributed by atoms with van der Waals surface area (Å²) in [4.78, 5) is 0. The first-order valence-electron chi connectivity index (χ1n) is 2.76. The Morgan fingerprint density at radius 2 is 2.09 bits per heavy atom. The predicted octanol–water partition coefficient (Wildman–Crippen LogP) is -1.43. The highest BCUT2D eigenvalue weighted by Gasteiger charge is 2.18. The molecule has 0 aliphatic rings. The molecule has 0 aromatic heterocycles. The first kappa shape index (κ1) is 11.0. The van der Waals surface area contributed by atoms with Gasteiger partial charge in [0, 0.05) is 24.9 Å². The highest BCUT2D eigenvalue weighted by atomic mass is 32.3. The van der Waals surface area contributed by atoms with Crippen LogP contribution in [0.2, 0.25) is 0 Å². The van der Waals surface area contributed by atoms with E-state index in [1.54, 1.807) is 0 Å². The van der Waals surface area contributed by atoms with Crippen molar-refractivity contribution in [2.24, 2.45) is 0 Å². The quantitative estimate of drug-likeness (QED) is 0.564.